The van der Waals surface area contributed by atoms with Crippen LogP contribution in [-0.4, -0.2) is 39.7 Å². The van der Waals surface area contributed by atoms with Crippen molar-refractivity contribution in [1.29, 1.82) is 0 Å². The van der Waals surface area contributed by atoms with Gasteiger partial charge in [0, 0.05) is 24.0 Å². The van der Waals surface area contributed by atoms with Crippen molar-refractivity contribution in [3.8, 4) is 11.3 Å². The second-order valence-corrected chi connectivity index (χ2v) is 9.57. The van der Waals surface area contributed by atoms with Crippen LogP contribution in [0.1, 0.15) is 22.3 Å². The third-order valence-corrected chi connectivity index (χ3v) is 7.03. The average molecular weight is 452 g/mol. The summed E-state index contributed by atoms with van der Waals surface area (Å²) in [6.07, 6.45) is 0.889. The zero-order valence-corrected chi connectivity index (χ0v) is 19.3. The number of amides is 2. The molecule has 1 N–H and O–H groups in total. The SMILES string of the molecule is Cc1ccc(-c2csc(NC(=O)CSCC(=O)N3CCc4ccccc4C3)n2)c(C)c1. The molecule has 7 heteroatoms. The minimum atomic E-state index is -0.136. The van der Waals surface area contributed by atoms with Crippen LogP contribution >= 0.6 is 23.1 Å². The number of nitrogens with one attached hydrogen (secondary N) is 1. The minimum absolute atomic E-state index is 0.0821. The molecule has 0 radical (unpaired) electrons. The number of carbonyl (C=O) groups is 2. The van der Waals surface area contributed by atoms with E-state index in [1.807, 2.05) is 22.4 Å². The van der Waals surface area contributed by atoms with E-state index in [0.29, 0.717) is 17.4 Å². The van der Waals surface area contributed by atoms with E-state index < -0.39 is 0 Å². The lowest BCUT2D eigenvalue weighted by molar-refractivity contribution is -0.129. The summed E-state index contributed by atoms with van der Waals surface area (Å²) >= 11 is 2.76. The van der Waals surface area contributed by atoms with Crippen LogP contribution in [0.4, 0.5) is 5.13 Å². The van der Waals surface area contributed by atoms with Crippen LogP contribution in [0.15, 0.2) is 47.8 Å². The molecule has 4 rings (SSSR count). The second kappa shape index (κ2) is 9.66. The van der Waals surface area contributed by atoms with Crippen molar-refractivity contribution in [2.24, 2.45) is 0 Å². The van der Waals surface area contributed by atoms with Crippen molar-refractivity contribution in [2.45, 2.75) is 26.8 Å². The highest BCUT2D eigenvalue weighted by Gasteiger charge is 2.20. The van der Waals surface area contributed by atoms with Gasteiger partial charge in [-0.2, -0.15) is 0 Å². The highest BCUT2D eigenvalue weighted by atomic mass is 32.2. The van der Waals surface area contributed by atoms with Crippen molar-refractivity contribution >= 4 is 40.0 Å². The fourth-order valence-corrected chi connectivity index (χ4v) is 5.19. The maximum absolute atomic E-state index is 12.5. The first-order valence-corrected chi connectivity index (χ1v) is 12.3. The van der Waals surface area contributed by atoms with E-state index >= 15 is 0 Å². The maximum atomic E-state index is 12.5. The van der Waals surface area contributed by atoms with Gasteiger partial charge in [-0.05, 0) is 37.0 Å². The first-order chi connectivity index (χ1) is 15.0. The molecule has 5 nitrogen and oxygen atoms in total. The number of rotatable bonds is 6. The van der Waals surface area contributed by atoms with Crippen LogP contribution in [0.25, 0.3) is 11.3 Å². The van der Waals surface area contributed by atoms with Gasteiger partial charge in [0.05, 0.1) is 17.2 Å². The van der Waals surface area contributed by atoms with E-state index in [1.165, 1.54) is 39.8 Å². The number of nitrogens with zero attached hydrogens (tertiary/aromatic N) is 2. The number of thioether (sulfide) groups is 1. The zero-order valence-electron chi connectivity index (χ0n) is 17.7. The maximum Gasteiger partial charge on any atom is 0.236 e. The lowest BCUT2D eigenvalue weighted by atomic mass is 10.00. The van der Waals surface area contributed by atoms with Crippen molar-refractivity contribution in [3.63, 3.8) is 0 Å². The van der Waals surface area contributed by atoms with Gasteiger partial charge in [-0.25, -0.2) is 4.98 Å². The van der Waals surface area contributed by atoms with Crippen molar-refractivity contribution < 1.29 is 9.59 Å². The predicted molar refractivity (Wildman–Crippen MR) is 129 cm³/mol. The fourth-order valence-electron chi connectivity index (χ4n) is 3.74. The molecule has 3 aromatic rings. The van der Waals surface area contributed by atoms with Gasteiger partial charge in [0.25, 0.3) is 0 Å². The molecule has 0 bridgehead atoms. The second-order valence-electron chi connectivity index (χ2n) is 7.73. The topological polar surface area (TPSA) is 62.3 Å². The normalized spacial score (nSPS) is 13.0. The van der Waals surface area contributed by atoms with Crippen molar-refractivity contribution in [1.82, 2.24) is 9.88 Å². The molecule has 1 aliphatic rings. The first-order valence-electron chi connectivity index (χ1n) is 10.2. The largest absolute Gasteiger partial charge is 0.337 e. The van der Waals surface area contributed by atoms with Gasteiger partial charge in [0.2, 0.25) is 11.8 Å². The molecule has 2 heterocycles. The quantitative estimate of drug-likeness (QED) is 0.591. The molecular formula is C24H25N3O2S2. The third kappa shape index (κ3) is 5.35. The highest BCUT2D eigenvalue weighted by Crippen LogP contribution is 2.28. The van der Waals surface area contributed by atoms with Crippen molar-refractivity contribution in [3.05, 3.63) is 70.1 Å². The summed E-state index contributed by atoms with van der Waals surface area (Å²) in [5.41, 5.74) is 6.86. The molecule has 2 aromatic carbocycles. The van der Waals surface area contributed by atoms with Gasteiger partial charge in [-0.1, -0.05) is 48.0 Å². The third-order valence-electron chi connectivity index (χ3n) is 5.35. The molecule has 0 spiro atoms. The van der Waals surface area contributed by atoms with E-state index in [4.69, 9.17) is 0 Å². The number of carbonyl (C=O) groups excluding carboxylic acids is 2. The first kappa shape index (κ1) is 21.6. The number of hydrogen-bond acceptors (Lipinski definition) is 5. The van der Waals surface area contributed by atoms with Gasteiger partial charge in [0.1, 0.15) is 0 Å². The smallest absolute Gasteiger partial charge is 0.236 e. The average Bonchev–Trinajstić information content (AvgIpc) is 3.21. The summed E-state index contributed by atoms with van der Waals surface area (Å²) in [5, 5.41) is 5.39. The van der Waals surface area contributed by atoms with Crippen LogP contribution < -0.4 is 5.32 Å². The Kier molecular flexibility index (Phi) is 6.73. The van der Waals surface area contributed by atoms with Gasteiger partial charge in [-0.15, -0.1) is 23.1 Å². The number of hydrogen-bond donors (Lipinski definition) is 1. The fraction of sp³-hybridized carbons (Fsp3) is 0.292. The summed E-state index contributed by atoms with van der Waals surface area (Å²) in [4.78, 5) is 31.3. The molecular weight excluding hydrogens is 426 g/mol. The lowest BCUT2D eigenvalue weighted by Crippen LogP contribution is -2.37. The lowest BCUT2D eigenvalue weighted by Gasteiger charge is -2.28. The molecule has 1 aromatic heterocycles. The van der Waals surface area contributed by atoms with Gasteiger partial charge >= 0.3 is 0 Å². The molecule has 1 aliphatic heterocycles. The number of fused-ring (bicyclic) bond motifs is 1. The Balaban J connectivity index is 1.25. The van der Waals surface area contributed by atoms with Crippen molar-refractivity contribution in [2.75, 3.05) is 23.4 Å². The molecule has 0 saturated carbocycles. The summed E-state index contributed by atoms with van der Waals surface area (Å²) in [5.74, 6) is 0.484. The molecule has 0 saturated heterocycles. The molecule has 0 unspecified atom stereocenters. The molecule has 0 fully saturated rings. The standard InChI is InChI=1S/C24H25N3O2S2/c1-16-7-8-20(17(2)11-16)21-13-31-24(25-21)26-22(28)14-30-15-23(29)27-10-9-18-5-3-4-6-19(18)12-27/h3-8,11,13H,9-10,12,14-15H2,1-2H3,(H,25,26,28). The summed E-state index contributed by atoms with van der Waals surface area (Å²) in [6.45, 7) is 5.52. The number of thiazole rings is 1. The number of aromatic nitrogens is 1. The molecule has 0 aliphatic carbocycles. The minimum Gasteiger partial charge on any atom is -0.337 e. The monoisotopic (exact) mass is 451 g/mol. The Morgan fingerprint density at radius 1 is 1.13 bits per heavy atom. The number of anilines is 1. The van der Waals surface area contributed by atoms with E-state index in [2.05, 4.69) is 54.5 Å². The Labute approximate surface area is 190 Å². The van der Waals surface area contributed by atoms with Crippen LogP contribution in [-0.2, 0) is 22.6 Å². The van der Waals surface area contributed by atoms with Crippen LogP contribution in [0, 0.1) is 13.8 Å². The number of aryl methyl sites for hydroxylation is 2. The predicted octanol–water partition coefficient (Wildman–Crippen LogP) is 4.68. The van der Waals surface area contributed by atoms with Gasteiger partial charge < -0.3 is 10.2 Å². The summed E-state index contributed by atoms with van der Waals surface area (Å²) < 4.78 is 0. The van der Waals surface area contributed by atoms with E-state index in [9.17, 15) is 9.59 Å². The Morgan fingerprint density at radius 2 is 1.94 bits per heavy atom. The summed E-state index contributed by atoms with van der Waals surface area (Å²) in [6, 6.07) is 14.5. The van der Waals surface area contributed by atoms with Gasteiger partial charge in [-0.3, -0.25) is 9.59 Å². The summed E-state index contributed by atoms with van der Waals surface area (Å²) in [7, 11) is 0. The van der Waals surface area contributed by atoms with Gasteiger partial charge in [0.15, 0.2) is 5.13 Å². The highest BCUT2D eigenvalue weighted by molar-refractivity contribution is 8.00. The van der Waals surface area contributed by atoms with E-state index in [0.717, 1.165) is 29.8 Å². The van der Waals surface area contributed by atoms with E-state index in [1.54, 1.807) is 0 Å². The Hall–Kier alpha value is -2.64. The van der Waals surface area contributed by atoms with E-state index in [-0.39, 0.29) is 17.6 Å². The number of benzene rings is 2. The zero-order chi connectivity index (χ0) is 21.8. The molecule has 0 atom stereocenters. The molecule has 31 heavy (non-hydrogen) atoms. The molecule has 160 valence electrons. The Morgan fingerprint density at radius 3 is 2.74 bits per heavy atom. The van der Waals surface area contributed by atoms with Crippen LogP contribution in [0.3, 0.4) is 0 Å². The molecule has 2 amide bonds. The van der Waals surface area contributed by atoms with Crippen LogP contribution in [0.2, 0.25) is 0 Å². The van der Waals surface area contributed by atoms with Crippen LogP contribution in [0.5, 0.6) is 0 Å². The Bertz CT molecular complexity index is 1110.